The molecule has 0 saturated carbocycles. The molecular weight excluding hydrogens is 390 g/mol. The van der Waals surface area contributed by atoms with Gasteiger partial charge in [0.25, 0.3) is 5.91 Å². The molecule has 1 aromatic heterocycles. The number of nitrogens with zero attached hydrogens (tertiary/aromatic N) is 2. The van der Waals surface area contributed by atoms with Crippen LogP contribution in [0.2, 0.25) is 0 Å². The third-order valence-corrected chi connectivity index (χ3v) is 4.64. The van der Waals surface area contributed by atoms with Crippen LogP contribution in [-0.4, -0.2) is 23.2 Å². The van der Waals surface area contributed by atoms with Crippen LogP contribution in [0.1, 0.15) is 20.9 Å². The number of carbonyl (C=O) groups excluding carboxylic acids is 1. The highest BCUT2D eigenvalue weighted by Gasteiger charge is 2.12. The molecule has 0 atom stereocenters. The van der Waals surface area contributed by atoms with E-state index in [0.29, 0.717) is 17.1 Å². The van der Waals surface area contributed by atoms with Gasteiger partial charge in [0.2, 0.25) is 5.13 Å². The summed E-state index contributed by atoms with van der Waals surface area (Å²) in [6.07, 6.45) is 0.606. The van der Waals surface area contributed by atoms with Crippen LogP contribution in [0.4, 0.5) is 5.13 Å². The SMILES string of the molecule is COc1ccccc1Cc1nnc(NC(=O)c2cccc(Br)c2)s1. The first-order chi connectivity index (χ1) is 11.7. The molecule has 2 aromatic carbocycles. The first-order valence-corrected chi connectivity index (χ1v) is 8.78. The largest absolute Gasteiger partial charge is 0.496 e. The summed E-state index contributed by atoms with van der Waals surface area (Å²) in [6.45, 7) is 0. The number of aromatic nitrogens is 2. The Labute approximate surface area is 151 Å². The van der Waals surface area contributed by atoms with Crippen molar-refractivity contribution in [3.63, 3.8) is 0 Å². The van der Waals surface area contributed by atoms with Crippen molar-refractivity contribution in [1.82, 2.24) is 10.2 Å². The molecule has 0 spiro atoms. The highest BCUT2D eigenvalue weighted by Crippen LogP contribution is 2.24. The van der Waals surface area contributed by atoms with Crippen LogP contribution in [0.25, 0.3) is 0 Å². The summed E-state index contributed by atoms with van der Waals surface area (Å²) < 4.78 is 6.19. The summed E-state index contributed by atoms with van der Waals surface area (Å²) in [5.41, 5.74) is 1.59. The highest BCUT2D eigenvalue weighted by atomic mass is 79.9. The number of benzene rings is 2. The van der Waals surface area contributed by atoms with Crippen LogP contribution in [0, 0.1) is 0 Å². The molecule has 3 aromatic rings. The van der Waals surface area contributed by atoms with Crippen molar-refractivity contribution in [2.24, 2.45) is 0 Å². The fourth-order valence-corrected chi connectivity index (χ4v) is 3.34. The lowest BCUT2D eigenvalue weighted by atomic mass is 10.1. The normalized spacial score (nSPS) is 10.4. The average molecular weight is 404 g/mol. The Hall–Kier alpha value is -2.25. The number of carbonyl (C=O) groups is 1. The van der Waals surface area contributed by atoms with E-state index in [-0.39, 0.29) is 5.91 Å². The molecule has 5 nitrogen and oxygen atoms in total. The van der Waals surface area contributed by atoms with Gasteiger partial charge in [0.05, 0.1) is 7.11 Å². The molecule has 0 aliphatic heterocycles. The zero-order valence-electron chi connectivity index (χ0n) is 12.8. The number of nitrogens with one attached hydrogen (secondary N) is 1. The second-order valence-electron chi connectivity index (χ2n) is 4.95. The number of halogens is 1. The van der Waals surface area contributed by atoms with Gasteiger partial charge in [0.1, 0.15) is 10.8 Å². The molecule has 122 valence electrons. The summed E-state index contributed by atoms with van der Waals surface area (Å²) in [6, 6.07) is 15.0. The maximum Gasteiger partial charge on any atom is 0.257 e. The van der Waals surface area contributed by atoms with E-state index in [1.165, 1.54) is 11.3 Å². The van der Waals surface area contributed by atoms with E-state index >= 15 is 0 Å². The van der Waals surface area contributed by atoms with E-state index < -0.39 is 0 Å². The molecule has 1 amide bonds. The lowest BCUT2D eigenvalue weighted by Gasteiger charge is -2.05. The predicted octanol–water partition coefficient (Wildman–Crippen LogP) is 4.15. The van der Waals surface area contributed by atoms with Crippen LogP contribution in [0.3, 0.4) is 0 Å². The van der Waals surface area contributed by atoms with Gasteiger partial charge in [-0.05, 0) is 24.3 Å². The van der Waals surface area contributed by atoms with E-state index in [4.69, 9.17) is 4.74 Å². The quantitative estimate of drug-likeness (QED) is 0.694. The zero-order chi connectivity index (χ0) is 16.9. The minimum absolute atomic E-state index is 0.212. The lowest BCUT2D eigenvalue weighted by Crippen LogP contribution is -2.11. The molecular formula is C17H14BrN3O2S. The summed E-state index contributed by atoms with van der Waals surface area (Å²) >= 11 is 4.71. The minimum atomic E-state index is -0.212. The van der Waals surface area contributed by atoms with Gasteiger partial charge in [0, 0.05) is 22.0 Å². The van der Waals surface area contributed by atoms with Crippen molar-refractivity contribution >= 4 is 38.3 Å². The molecule has 1 heterocycles. The van der Waals surface area contributed by atoms with Crippen molar-refractivity contribution in [3.8, 4) is 5.75 Å². The van der Waals surface area contributed by atoms with Gasteiger partial charge in [-0.1, -0.05) is 51.5 Å². The van der Waals surface area contributed by atoms with Gasteiger partial charge < -0.3 is 4.74 Å². The maximum atomic E-state index is 12.2. The summed E-state index contributed by atoms with van der Waals surface area (Å²) in [4.78, 5) is 12.2. The molecule has 0 aliphatic carbocycles. The summed E-state index contributed by atoms with van der Waals surface area (Å²) in [5.74, 6) is 0.601. The summed E-state index contributed by atoms with van der Waals surface area (Å²) in [5, 5.41) is 12.2. The summed E-state index contributed by atoms with van der Waals surface area (Å²) in [7, 11) is 1.64. The Morgan fingerprint density at radius 1 is 1.21 bits per heavy atom. The van der Waals surface area contributed by atoms with E-state index in [0.717, 1.165) is 20.8 Å². The molecule has 0 saturated heterocycles. The number of hydrogen-bond donors (Lipinski definition) is 1. The number of rotatable bonds is 5. The zero-order valence-corrected chi connectivity index (χ0v) is 15.2. The van der Waals surface area contributed by atoms with E-state index in [1.54, 1.807) is 19.2 Å². The van der Waals surface area contributed by atoms with Crippen LogP contribution in [0.15, 0.2) is 53.0 Å². The third-order valence-electron chi connectivity index (χ3n) is 3.31. The smallest absolute Gasteiger partial charge is 0.257 e. The van der Waals surface area contributed by atoms with E-state index in [9.17, 15) is 4.79 Å². The predicted molar refractivity (Wildman–Crippen MR) is 97.8 cm³/mol. The van der Waals surface area contributed by atoms with Gasteiger partial charge in [-0.2, -0.15) is 0 Å². The number of hydrogen-bond acceptors (Lipinski definition) is 5. The number of ether oxygens (including phenoxy) is 1. The number of anilines is 1. The van der Waals surface area contributed by atoms with Crippen molar-refractivity contribution < 1.29 is 9.53 Å². The van der Waals surface area contributed by atoms with Crippen molar-refractivity contribution in [3.05, 3.63) is 69.1 Å². The van der Waals surface area contributed by atoms with E-state index in [1.807, 2.05) is 36.4 Å². The van der Waals surface area contributed by atoms with E-state index in [2.05, 4.69) is 31.4 Å². The molecule has 3 rings (SSSR count). The fourth-order valence-electron chi connectivity index (χ4n) is 2.19. The second kappa shape index (κ2) is 7.55. The van der Waals surface area contributed by atoms with Gasteiger partial charge >= 0.3 is 0 Å². The molecule has 0 aliphatic rings. The topological polar surface area (TPSA) is 64.1 Å². The second-order valence-corrected chi connectivity index (χ2v) is 6.93. The minimum Gasteiger partial charge on any atom is -0.496 e. The Morgan fingerprint density at radius 2 is 2.04 bits per heavy atom. The number of amides is 1. The van der Waals surface area contributed by atoms with Gasteiger partial charge in [0.15, 0.2) is 0 Å². The molecule has 0 radical (unpaired) electrons. The standard InChI is InChI=1S/C17H14BrN3O2S/c1-23-14-8-3-2-5-11(14)10-15-20-21-17(24-15)19-16(22)12-6-4-7-13(18)9-12/h2-9H,10H2,1H3,(H,19,21,22). The molecule has 0 bridgehead atoms. The first kappa shape index (κ1) is 16.6. The maximum absolute atomic E-state index is 12.2. The average Bonchev–Trinajstić information content (AvgIpc) is 3.02. The molecule has 7 heteroatoms. The monoisotopic (exact) mass is 403 g/mol. The molecule has 0 unspecified atom stereocenters. The first-order valence-electron chi connectivity index (χ1n) is 7.17. The van der Waals surface area contributed by atoms with Crippen LogP contribution in [-0.2, 0) is 6.42 Å². The molecule has 0 fully saturated rings. The lowest BCUT2D eigenvalue weighted by molar-refractivity contribution is 0.102. The van der Waals surface area contributed by atoms with Crippen molar-refractivity contribution in [2.75, 3.05) is 12.4 Å². The number of methoxy groups -OCH3 is 1. The Bertz CT molecular complexity index is 866. The Kier molecular flexibility index (Phi) is 5.22. The number of para-hydroxylation sites is 1. The van der Waals surface area contributed by atoms with Crippen molar-refractivity contribution in [1.29, 1.82) is 0 Å². The molecule has 24 heavy (non-hydrogen) atoms. The van der Waals surface area contributed by atoms with Crippen LogP contribution in [0.5, 0.6) is 5.75 Å². The van der Waals surface area contributed by atoms with Gasteiger partial charge in [-0.25, -0.2) is 0 Å². The van der Waals surface area contributed by atoms with Crippen LogP contribution >= 0.6 is 27.3 Å². The highest BCUT2D eigenvalue weighted by molar-refractivity contribution is 9.10. The van der Waals surface area contributed by atoms with Gasteiger partial charge in [-0.15, -0.1) is 10.2 Å². The van der Waals surface area contributed by atoms with Crippen molar-refractivity contribution in [2.45, 2.75) is 6.42 Å². The van der Waals surface area contributed by atoms with Crippen LogP contribution < -0.4 is 10.1 Å². The Morgan fingerprint density at radius 3 is 2.83 bits per heavy atom. The fraction of sp³-hybridized carbons (Fsp3) is 0.118. The third kappa shape index (κ3) is 3.98. The van der Waals surface area contributed by atoms with Gasteiger partial charge in [-0.3, -0.25) is 10.1 Å². The Balaban J connectivity index is 1.70. The molecule has 1 N–H and O–H groups in total.